The van der Waals surface area contributed by atoms with Crippen molar-refractivity contribution in [2.45, 2.75) is 26.8 Å². The van der Waals surface area contributed by atoms with Gasteiger partial charge in [-0.2, -0.15) is 0 Å². The van der Waals surface area contributed by atoms with E-state index in [-0.39, 0.29) is 30.5 Å². The van der Waals surface area contributed by atoms with E-state index in [0.717, 1.165) is 0 Å². The monoisotopic (exact) mass is 402 g/mol. The van der Waals surface area contributed by atoms with Crippen LogP contribution in [-0.4, -0.2) is 70.8 Å². The lowest BCUT2D eigenvalue weighted by Crippen LogP contribution is -2.53. The van der Waals surface area contributed by atoms with Crippen molar-refractivity contribution in [3.05, 3.63) is 28.7 Å². The Balaban J connectivity index is 1.62. The minimum absolute atomic E-state index is 0.144. The SMILES string of the molecule is CCOC(=O)CCNC(=O)N1CCN(c2nc3cccnc3n(CC)c2=O)CC1. The summed E-state index contributed by atoms with van der Waals surface area (Å²) in [6.07, 6.45) is 1.79. The average Bonchev–Trinajstić information content (AvgIpc) is 2.73. The first kappa shape index (κ1) is 20.6. The van der Waals surface area contributed by atoms with Gasteiger partial charge in [-0.3, -0.25) is 14.2 Å². The highest BCUT2D eigenvalue weighted by Gasteiger charge is 2.24. The molecule has 0 atom stereocenters. The van der Waals surface area contributed by atoms with Crippen molar-refractivity contribution >= 4 is 29.0 Å². The summed E-state index contributed by atoms with van der Waals surface area (Å²) in [6.45, 7) is 6.64. The summed E-state index contributed by atoms with van der Waals surface area (Å²) in [7, 11) is 0. The summed E-state index contributed by atoms with van der Waals surface area (Å²) in [5.41, 5.74) is 1.07. The molecular formula is C19H26N6O4. The van der Waals surface area contributed by atoms with Gasteiger partial charge in [0.1, 0.15) is 5.52 Å². The number of carbonyl (C=O) groups excluding carboxylic acids is 2. The van der Waals surface area contributed by atoms with Crippen molar-refractivity contribution in [3.8, 4) is 0 Å². The summed E-state index contributed by atoms with van der Waals surface area (Å²) < 4.78 is 6.46. The highest BCUT2D eigenvalue weighted by atomic mass is 16.5. The molecule has 2 aromatic heterocycles. The van der Waals surface area contributed by atoms with Crippen LogP contribution in [-0.2, 0) is 16.1 Å². The van der Waals surface area contributed by atoms with Crippen molar-refractivity contribution in [2.75, 3.05) is 44.2 Å². The van der Waals surface area contributed by atoms with Crippen LogP contribution in [0.2, 0.25) is 0 Å². The van der Waals surface area contributed by atoms with Gasteiger partial charge in [0, 0.05) is 45.5 Å². The number of aryl methyl sites for hydroxylation is 1. The molecule has 2 aromatic rings. The smallest absolute Gasteiger partial charge is 0.317 e. The molecule has 1 saturated heterocycles. The molecule has 10 heteroatoms. The molecule has 0 unspecified atom stereocenters. The molecule has 3 heterocycles. The quantitative estimate of drug-likeness (QED) is 0.705. The number of carbonyl (C=O) groups is 2. The Morgan fingerprint density at radius 3 is 2.66 bits per heavy atom. The number of hydrogen-bond donors (Lipinski definition) is 1. The van der Waals surface area contributed by atoms with E-state index in [0.29, 0.717) is 56.3 Å². The number of rotatable bonds is 6. The number of ether oxygens (including phenoxy) is 1. The minimum Gasteiger partial charge on any atom is -0.466 e. The van der Waals surface area contributed by atoms with E-state index in [2.05, 4.69) is 15.3 Å². The van der Waals surface area contributed by atoms with Crippen LogP contribution in [0.3, 0.4) is 0 Å². The molecule has 2 amide bonds. The van der Waals surface area contributed by atoms with E-state index in [1.165, 1.54) is 0 Å². The van der Waals surface area contributed by atoms with Gasteiger partial charge < -0.3 is 19.9 Å². The molecular weight excluding hydrogens is 376 g/mol. The largest absolute Gasteiger partial charge is 0.466 e. The molecule has 1 aliphatic rings. The van der Waals surface area contributed by atoms with E-state index in [1.54, 1.807) is 28.7 Å². The predicted molar refractivity (Wildman–Crippen MR) is 108 cm³/mol. The Hall–Kier alpha value is -3.17. The Kier molecular flexibility index (Phi) is 6.63. The molecule has 0 aromatic carbocycles. The fraction of sp³-hybridized carbons (Fsp3) is 0.526. The molecule has 1 aliphatic heterocycles. The van der Waals surface area contributed by atoms with Crippen molar-refractivity contribution in [1.29, 1.82) is 0 Å². The van der Waals surface area contributed by atoms with Crippen LogP contribution in [0.5, 0.6) is 0 Å². The lowest BCUT2D eigenvalue weighted by atomic mass is 10.3. The minimum atomic E-state index is -0.332. The van der Waals surface area contributed by atoms with E-state index >= 15 is 0 Å². The van der Waals surface area contributed by atoms with Crippen LogP contribution in [0.25, 0.3) is 11.2 Å². The van der Waals surface area contributed by atoms with E-state index in [4.69, 9.17) is 4.74 Å². The Morgan fingerprint density at radius 1 is 1.21 bits per heavy atom. The Labute approximate surface area is 168 Å². The second-order valence-electron chi connectivity index (χ2n) is 6.59. The molecule has 29 heavy (non-hydrogen) atoms. The van der Waals surface area contributed by atoms with Crippen molar-refractivity contribution < 1.29 is 14.3 Å². The van der Waals surface area contributed by atoms with Crippen molar-refractivity contribution in [1.82, 2.24) is 24.8 Å². The lowest BCUT2D eigenvalue weighted by Gasteiger charge is -2.35. The zero-order chi connectivity index (χ0) is 20.8. The highest BCUT2D eigenvalue weighted by Crippen LogP contribution is 2.14. The number of pyridine rings is 1. The molecule has 156 valence electrons. The standard InChI is InChI=1S/C19H26N6O4/c1-3-25-16-14(6-5-8-20-16)22-17(18(25)27)23-10-12-24(13-11-23)19(28)21-9-7-15(26)29-4-2/h5-6,8H,3-4,7,9-13H2,1-2H3,(H,21,28). The van der Waals surface area contributed by atoms with Gasteiger partial charge in [-0.15, -0.1) is 0 Å². The summed E-state index contributed by atoms with van der Waals surface area (Å²) in [4.78, 5) is 48.9. The van der Waals surface area contributed by atoms with Gasteiger partial charge in [0.15, 0.2) is 11.5 Å². The lowest BCUT2D eigenvalue weighted by molar-refractivity contribution is -0.142. The van der Waals surface area contributed by atoms with Gasteiger partial charge in [-0.05, 0) is 26.0 Å². The third-order valence-corrected chi connectivity index (χ3v) is 4.78. The fourth-order valence-corrected chi connectivity index (χ4v) is 3.30. The van der Waals surface area contributed by atoms with Gasteiger partial charge >= 0.3 is 12.0 Å². The number of nitrogens with zero attached hydrogens (tertiary/aromatic N) is 5. The van der Waals surface area contributed by atoms with Crippen molar-refractivity contribution in [3.63, 3.8) is 0 Å². The Bertz CT molecular complexity index is 936. The van der Waals surface area contributed by atoms with Gasteiger partial charge in [0.25, 0.3) is 5.56 Å². The van der Waals surface area contributed by atoms with Crippen LogP contribution in [0.4, 0.5) is 10.6 Å². The molecule has 10 nitrogen and oxygen atoms in total. The second kappa shape index (κ2) is 9.35. The maximum Gasteiger partial charge on any atom is 0.317 e. The van der Waals surface area contributed by atoms with Crippen LogP contribution in [0.1, 0.15) is 20.3 Å². The normalized spacial score (nSPS) is 14.1. The van der Waals surface area contributed by atoms with Crippen LogP contribution < -0.4 is 15.8 Å². The van der Waals surface area contributed by atoms with Gasteiger partial charge in [-0.25, -0.2) is 14.8 Å². The average molecular weight is 402 g/mol. The number of fused-ring (bicyclic) bond motifs is 1. The van der Waals surface area contributed by atoms with Gasteiger partial charge in [0.05, 0.1) is 13.0 Å². The van der Waals surface area contributed by atoms with Gasteiger partial charge in [-0.1, -0.05) is 0 Å². The summed E-state index contributed by atoms with van der Waals surface area (Å²) in [6, 6.07) is 3.41. The Morgan fingerprint density at radius 2 is 1.97 bits per heavy atom. The molecule has 0 saturated carbocycles. The molecule has 3 rings (SSSR count). The third kappa shape index (κ3) is 4.64. The molecule has 0 spiro atoms. The number of nitrogens with one attached hydrogen (secondary N) is 1. The van der Waals surface area contributed by atoms with Crippen LogP contribution in [0, 0.1) is 0 Å². The maximum atomic E-state index is 12.9. The number of amides is 2. The fourth-order valence-electron chi connectivity index (χ4n) is 3.30. The number of hydrogen-bond acceptors (Lipinski definition) is 7. The number of urea groups is 1. The van der Waals surface area contributed by atoms with E-state index < -0.39 is 0 Å². The van der Waals surface area contributed by atoms with Gasteiger partial charge in [0.2, 0.25) is 0 Å². The zero-order valence-electron chi connectivity index (χ0n) is 16.8. The van der Waals surface area contributed by atoms with Crippen LogP contribution in [0.15, 0.2) is 23.1 Å². The second-order valence-corrected chi connectivity index (χ2v) is 6.59. The molecule has 0 bridgehead atoms. The first-order valence-electron chi connectivity index (χ1n) is 9.84. The number of anilines is 1. The maximum absolute atomic E-state index is 12.9. The summed E-state index contributed by atoms with van der Waals surface area (Å²) >= 11 is 0. The number of esters is 1. The number of piperazine rings is 1. The van der Waals surface area contributed by atoms with E-state index in [1.807, 2.05) is 17.9 Å². The molecule has 1 N–H and O–H groups in total. The molecule has 0 aliphatic carbocycles. The zero-order valence-corrected chi connectivity index (χ0v) is 16.8. The number of aromatic nitrogens is 3. The highest BCUT2D eigenvalue weighted by molar-refractivity contribution is 5.76. The molecule has 0 radical (unpaired) electrons. The summed E-state index contributed by atoms with van der Waals surface area (Å²) in [5.74, 6) is 0.0522. The first-order chi connectivity index (χ1) is 14.0. The summed E-state index contributed by atoms with van der Waals surface area (Å²) in [5, 5.41) is 2.73. The first-order valence-corrected chi connectivity index (χ1v) is 9.84. The predicted octanol–water partition coefficient (Wildman–Crippen LogP) is 0.596. The van der Waals surface area contributed by atoms with Crippen molar-refractivity contribution in [2.24, 2.45) is 0 Å². The third-order valence-electron chi connectivity index (χ3n) is 4.78. The topological polar surface area (TPSA) is 110 Å². The molecule has 1 fully saturated rings. The van der Waals surface area contributed by atoms with E-state index in [9.17, 15) is 14.4 Å². The van der Waals surface area contributed by atoms with Crippen LogP contribution >= 0.6 is 0 Å².